The number of likely N-dealkylation sites (tertiary alicyclic amines) is 1. The van der Waals surface area contributed by atoms with Crippen molar-refractivity contribution in [1.29, 1.82) is 0 Å². The van der Waals surface area contributed by atoms with Crippen molar-refractivity contribution in [3.63, 3.8) is 0 Å². The lowest BCUT2D eigenvalue weighted by molar-refractivity contribution is 0.0654. The molecule has 2 heterocycles. The maximum absolute atomic E-state index is 12.4. The van der Waals surface area contributed by atoms with E-state index in [0.717, 1.165) is 38.0 Å². The molecule has 1 aromatic rings. The van der Waals surface area contributed by atoms with Gasteiger partial charge in [0.1, 0.15) is 5.76 Å². The average Bonchev–Trinajstić information content (AvgIpc) is 2.75. The Morgan fingerprint density at radius 1 is 1.44 bits per heavy atom. The van der Waals surface area contributed by atoms with Gasteiger partial charge in [0.2, 0.25) is 0 Å². The number of hydrogen-bond acceptors (Lipinski definition) is 3. The standard InChI is InChI=1S/C14H22N2O2/c1-2-12-7-8-13(18-12)14(17)16-9-5-3-4-6-11(16)10-15/h7-8,11H,2-6,9-10,15H2,1H3. The second kappa shape index (κ2) is 6.05. The fraction of sp³-hybridized carbons (Fsp3) is 0.643. The number of carbonyl (C=O) groups is 1. The van der Waals surface area contributed by atoms with Crippen LogP contribution in [0.15, 0.2) is 16.5 Å². The minimum atomic E-state index is -0.00736. The number of nitrogens with zero attached hydrogens (tertiary/aromatic N) is 1. The summed E-state index contributed by atoms with van der Waals surface area (Å²) in [4.78, 5) is 14.3. The van der Waals surface area contributed by atoms with Gasteiger partial charge in [-0.05, 0) is 25.0 Å². The van der Waals surface area contributed by atoms with E-state index in [0.29, 0.717) is 12.3 Å². The topological polar surface area (TPSA) is 59.5 Å². The van der Waals surface area contributed by atoms with Crippen molar-refractivity contribution in [3.05, 3.63) is 23.7 Å². The van der Waals surface area contributed by atoms with Gasteiger partial charge in [-0.3, -0.25) is 4.79 Å². The van der Waals surface area contributed by atoms with Crippen LogP contribution < -0.4 is 5.73 Å². The van der Waals surface area contributed by atoms with Crippen molar-refractivity contribution < 1.29 is 9.21 Å². The molecular formula is C14H22N2O2. The van der Waals surface area contributed by atoms with Crippen LogP contribution >= 0.6 is 0 Å². The van der Waals surface area contributed by atoms with Crippen molar-refractivity contribution in [2.75, 3.05) is 13.1 Å². The van der Waals surface area contributed by atoms with Crippen LogP contribution in [-0.2, 0) is 6.42 Å². The first-order valence-corrected chi connectivity index (χ1v) is 6.86. The summed E-state index contributed by atoms with van der Waals surface area (Å²) < 4.78 is 5.55. The highest BCUT2D eigenvalue weighted by atomic mass is 16.4. The quantitative estimate of drug-likeness (QED) is 0.894. The minimum Gasteiger partial charge on any atom is -0.456 e. The summed E-state index contributed by atoms with van der Waals surface area (Å²) in [6.07, 6.45) is 5.21. The highest BCUT2D eigenvalue weighted by Crippen LogP contribution is 2.20. The number of nitrogens with two attached hydrogens (primary N) is 1. The lowest BCUT2D eigenvalue weighted by Crippen LogP contribution is -2.44. The molecule has 100 valence electrons. The van der Waals surface area contributed by atoms with Crippen LogP contribution in [0.5, 0.6) is 0 Å². The van der Waals surface area contributed by atoms with Crippen molar-refractivity contribution in [2.24, 2.45) is 5.73 Å². The minimum absolute atomic E-state index is 0.00736. The SMILES string of the molecule is CCc1ccc(C(=O)N2CCCCCC2CN)o1. The fourth-order valence-electron chi connectivity index (χ4n) is 2.51. The Kier molecular flexibility index (Phi) is 4.42. The van der Waals surface area contributed by atoms with Crippen molar-refractivity contribution in [1.82, 2.24) is 4.90 Å². The van der Waals surface area contributed by atoms with Crippen LogP contribution in [0.2, 0.25) is 0 Å². The van der Waals surface area contributed by atoms with Gasteiger partial charge in [0.25, 0.3) is 5.91 Å². The van der Waals surface area contributed by atoms with E-state index < -0.39 is 0 Å². The largest absolute Gasteiger partial charge is 0.456 e. The second-order valence-corrected chi connectivity index (χ2v) is 4.86. The van der Waals surface area contributed by atoms with Crippen LogP contribution in [0.4, 0.5) is 0 Å². The molecule has 0 spiro atoms. The summed E-state index contributed by atoms with van der Waals surface area (Å²) in [6.45, 7) is 3.34. The fourth-order valence-corrected chi connectivity index (χ4v) is 2.51. The molecule has 1 amide bonds. The monoisotopic (exact) mass is 250 g/mol. The molecule has 1 aliphatic heterocycles. The van der Waals surface area contributed by atoms with Crippen LogP contribution in [0.3, 0.4) is 0 Å². The summed E-state index contributed by atoms with van der Waals surface area (Å²) in [6, 6.07) is 3.82. The predicted molar refractivity (Wildman–Crippen MR) is 70.4 cm³/mol. The van der Waals surface area contributed by atoms with Gasteiger partial charge < -0.3 is 15.1 Å². The van der Waals surface area contributed by atoms with E-state index in [1.807, 2.05) is 17.9 Å². The zero-order valence-electron chi connectivity index (χ0n) is 11.0. The van der Waals surface area contributed by atoms with E-state index in [4.69, 9.17) is 10.2 Å². The molecule has 1 saturated heterocycles. The Balaban J connectivity index is 2.14. The molecule has 0 radical (unpaired) electrons. The number of carbonyl (C=O) groups excluding carboxylic acids is 1. The van der Waals surface area contributed by atoms with Gasteiger partial charge in [-0.15, -0.1) is 0 Å². The third-order valence-electron chi connectivity index (χ3n) is 3.63. The maximum atomic E-state index is 12.4. The molecule has 2 rings (SSSR count). The number of furan rings is 1. The van der Waals surface area contributed by atoms with Gasteiger partial charge in [-0.25, -0.2) is 0 Å². The summed E-state index contributed by atoms with van der Waals surface area (Å²) in [5.74, 6) is 1.30. The summed E-state index contributed by atoms with van der Waals surface area (Å²) in [5.41, 5.74) is 5.79. The Morgan fingerprint density at radius 2 is 2.28 bits per heavy atom. The molecular weight excluding hydrogens is 228 g/mol. The van der Waals surface area contributed by atoms with Crippen LogP contribution in [0, 0.1) is 0 Å². The molecule has 4 heteroatoms. The molecule has 0 bridgehead atoms. The van der Waals surface area contributed by atoms with Gasteiger partial charge >= 0.3 is 0 Å². The smallest absolute Gasteiger partial charge is 0.289 e. The molecule has 1 unspecified atom stereocenters. The molecule has 2 N–H and O–H groups in total. The first-order valence-electron chi connectivity index (χ1n) is 6.86. The normalized spacial score (nSPS) is 20.8. The number of rotatable bonds is 3. The zero-order valence-corrected chi connectivity index (χ0v) is 11.0. The molecule has 0 aliphatic carbocycles. The highest BCUT2D eigenvalue weighted by molar-refractivity contribution is 5.91. The van der Waals surface area contributed by atoms with Gasteiger partial charge in [0.15, 0.2) is 5.76 Å². The lowest BCUT2D eigenvalue weighted by Gasteiger charge is -2.28. The van der Waals surface area contributed by atoms with E-state index in [9.17, 15) is 4.79 Å². The third kappa shape index (κ3) is 2.75. The Bertz CT molecular complexity index is 400. The Morgan fingerprint density at radius 3 is 2.94 bits per heavy atom. The Hall–Kier alpha value is -1.29. The predicted octanol–water partition coefficient (Wildman–Crippen LogP) is 2.19. The van der Waals surface area contributed by atoms with E-state index in [-0.39, 0.29) is 11.9 Å². The van der Waals surface area contributed by atoms with Crippen LogP contribution in [0.25, 0.3) is 0 Å². The first-order chi connectivity index (χ1) is 8.76. The van der Waals surface area contributed by atoms with Crippen molar-refractivity contribution in [3.8, 4) is 0 Å². The van der Waals surface area contributed by atoms with Gasteiger partial charge in [0.05, 0.1) is 0 Å². The van der Waals surface area contributed by atoms with E-state index in [2.05, 4.69) is 0 Å². The molecule has 18 heavy (non-hydrogen) atoms. The van der Waals surface area contributed by atoms with E-state index in [1.54, 1.807) is 6.07 Å². The first kappa shape index (κ1) is 13.1. The zero-order chi connectivity index (χ0) is 13.0. The van der Waals surface area contributed by atoms with Gasteiger partial charge in [0, 0.05) is 25.6 Å². The van der Waals surface area contributed by atoms with Gasteiger partial charge in [-0.2, -0.15) is 0 Å². The number of aryl methyl sites for hydroxylation is 1. The van der Waals surface area contributed by atoms with E-state index in [1.165, 1.54) is 6.42 Å². The van der Waals surface area contributed by atoms with Crippen LogP contribution in [0.1, 0.15) is 48.9 Å². The molecule has 1 aromatic heterocycles. The number of hydrogen-bond donors (Lipinski definition) is 1. The summed E-state index contributed by atoms with van der Waals surface area (Å²) in [7, 11) is 0. The highest BCUT2D eigenvalue weighted by Gasteiger charge is 2.27. The number of amides is 1. The Labute approximate surface area is 108 Å². The third-order valence-corrected chi connectivity index (χ3v) is 3.63. The average molecular weight is 250 g/mol. The molecule has 1 aliphatic rings. The summed E-state index contributed by atoms with van der Waals surface area (Å²) >= 11 is 0. The molecule has 4 nitrogen and oxygen atoms in total. The van der Waals surface area contributed by atoms with Crippen LogP contribution in [-0.4, -0.2) is 29.9 Å². The molecule has 1 atom stereocenters. The molecule has 1 fully saturated rings. The van der Waals surface area contributed by atoms with Crippen molar-refractivity contribution >= 4 is 5.91 Å². The maximum Gasteiger partial charge on any atom is 0.289 e. The molecule has 0 aromatic carbocycles. The lowest BCUT2D eigenvalue weighted by atomic mass is 10.1. The van der Waals surface area contributed by atoms with E-state index >= 15 is 0 Å². The second-order valence-electron chi connectivity index (χ2n) is 4.86. The molecule has 0 saturated carbocycles. The van der Waals surface area contributed by atoms with Crippen molar-refractivity contribution in [2.45, 2.75) is 45.1 Å². The van der Waals surface area contributed by atoms with Gasteiger partial charge in [-0.1, -0.05) is 19.8 Å². The summed E-state index contributed by atoms with van der Waals surface area (Å²) in [5, 5.41) is 0.